The topological polar surface area (TPSA) is 59.1 Å². The summed E-state index contributed by atoms with van der Waals surface area (Å²) in [6.07, 6.45) is 0.823. The summed E-state index contributed by atoms with van der Waals surface area (Å²) in [7, 11) is 1.70. The van der Waals surface area contributed by atoms with E-state index in [4.69, 9.17) is 14.7 Å². The van der Waals surface area contributed by atoms with Crippen molar-refractivity contribution in [3.8, 4) is 5.75 Å². The summed E-state index contributed by atoms with van der Waals surface area (Å²) in [6, 6.07) is 26.6. The summed E-state index contributed by atoms with van der Waals surface area (Å²) in [5.74, 6) is 2.35. The maximum Gasteiger partial charge on any atom is 0.225 e. The van der Waals surface area contributed by atoms with E-state index in [0.717, 1.165) is 34.5 Å². The number of rotatable bonds is 8. The Labute approximate surface area is 177 Å². The Balaban J connectivity index is 1.54. The minimum atomic E-state index is 0.130. The van der Waals surface area contributed by atoms with Gasteiger partial charge in [0.15, 0.2) is 0 Å². The molecule has 0 aliphatic carbocycles. The van der Waals surface area contributed by atoms with Crippen molar-refractivity contribution in [2.75, 3.05) is 24.3 Å². The molecule has 0 aliphatic rings. The van der Waals surface area contributed by atoms with Gasteiger partial charge in [-0.15, -0.1) is 0 Å². The first-order valence-electron chi connectivity index (χ1n) is 10.2. The Morgan fingerprint density at radius 2 is 1.60 bits per heavy atom. The highest BCUT2D eigenvalue weighted by molar-refractivity contribution is 5.90. The van der Waals surface area contributed by atoms with Crippen LogP contribution in [-0.4, -0.2) is 23.6 Å². The summed E-state index contributed by atoms with van der Waals surface area (Å²) >= 11 is 0. The second kappa shape index (κ2) is 9.27. The van der Waals surface area contributed by atoms with E-state index in [0.29, 0.717) is 12.5 Å². The molecule has 152 valence electrons. The van der Waals surface area contributed by atoms with E-state index in [-0.39, 0.29) is 6.04 Å². The number of hydrogen-bond acceptors (Lipinski definition) is 5. The van der Waals surface area contributed by atoms with Gasteiger partial charge in [-0.05, 0) is 42.7 Å². The van der Waals surface area contributed by atoms with Crippen LogP contribution in [0.2, 0.25) is 0 Å². The van der Waals surface area contributed by atoms with E-state index >= 15 is 0 Å². The van der Waals surface area contributed by atoms with Gasteiger partial charge in [-0.25, -0.2) is 4.98 Å². The van der Waals surface area contributed by atoms with E-state index in [1.165, 1.54) is 5.56 Å². The Hall–Kier alpha value is -3.60. The molecular formula is C25H26N4O. The average molecular weight is 399 g/mol. The molecule has 30 heavy (non-hydrogen) atoms. The van der Waals surface area contributed by atoms with Crippen molar-refractivity contribution in [2.45, 2.75) is 19.4 Å². The molecule has 5 nitrogen and oxygen atoms in total. The molecule has 1 unspecified atom stereocenters. The van der Waals surface area contributed by atoms with Gasteiger partial charge in [0.2, 0.25) is 5.95 Å². The van der Waals surface area contributed by atoms with Gasteiger partial charge in [-0.3, -0.25) is 0 Å². The standard InChI is InChI=1S/C25H26N4O/c1-18(19-10-4-3-5-11-19)27-24-21-13-7-8-14-22(21)28-25(29-24)26-17-16-20-12-6-9-15-23(20)30-2/h3-15,18H,16-17H2,1-2H3,(H2,26,27,28,29). The third-order valence-electron chi connectivity index (χ3n) is 5.13. The molecule has 0 spiro atoms. The van der Waals surface area contributed by atoms with Gasteiger partial charge >= 0.3 is 0 Å². The molecule has 0 bridgehead atoms. The largest absolute Gasteiger partial charge is 0.496 e. The molecule has 3 aromatic carbocycles. The molecule has 5 heteroatoms. The first kappa shape index (κ1) is 19.7. The Bertz CT molecular complexity index is 1110. The predicted molar refractivity (Wildman–Crippen MR) is 123 cm³/mol. The molecule has 1 heterocycles. The van der Waals surface area contributed by atoms with Crippen molar-refractivity contribution in [3.05, 3.63) is 90.0 Å². The van der Waals surface area contributed by atoms with Crippen molar-refractivity contribution in [2.24, 2.45) is 0 Å². The highest BCUT2D eigenvalue weighted by atomic mass is 16.5. The van der Waals surface area contributed by atoms with Gasteiger partial charge in [0.05, 0.1) is 12.6 Å². The number of para-hydroxylation sites is 2. The van der Waals surface area contributed by atoms with E-state index in [2.05, 4.69) is 47.9 Å². The number of anilines is 2. The summed E-state index contributed by atoms with van der Waals surface area (Å²) in [5.41, 5.74) is 3.28. The maximum absolute atomic E-state index is 5.44. The van der Waals surface area contributed by atoms with Gasteiger partial charge < -0.3 is 15.4 Å². The van der Waals surface area contributed by atoms with Crippen molar-refractivity contribution < 1.29 is 4.74 Å². The van der Waals surface area contributed by atoms with Crippen LogP contribution in [-0.2, 0) is 6.42 Å². The molecule has 0 radical (unpaired) electrons. The van der Waals surface area contributed by atoms with Gasteiger partial charge in [0, 0.05) is 18.0 Å². The highest BCUT2D eigenvalue weighted by Crippen LogP contribution is 2.26. The first-order valence-corrected chi connectivity index (χ1v) is 10.2. The molecule has 0 amide bonds. The number of benzene rings is 3. The molecular weight excluding hydrogens is 372 g/mol. The smallest absolute Gasteiger partial charge is 0.225 e. The number of methoxy groups -OCH3 is 1. The highest BCUT2D eigenvalue weighted by Gasteiger charge is 2.11. The van der Waals surface area contributed by atoms with Gasteiger partial charge in [-0.2, -0.15) is 4.98 Å². The summed E-state index contributed by atoms with van der Waals surface area (Å²) in [6.45, 7) is 2.85. The predicted octanol–water partition coefficient (Wildman–Crippen LogP) is 5.47. The molecule has 4 rings (SSSR count). The normalized spacial score (nSPS) is 11.8. The van der Waals surface area contributed by atoms with Crippen LogP contribution in [0.5, 0.6) is 5.75 Å². The first-order chi connectivity index (χ1) is 14.7. The fourth-order valence-corrected chi connectivity index (χ4v) is 3.51. The van der Waals surface area contributed by atoms with E-state index in [1.54, 1.807) is 7.11 Å². The Morgan fingerprint density at radius 3 is 2.43 bits per heavy atom. The number of nitrogens with zero attached hydrogens (tertiary/aromatic N) is 2. The van der Waals surface area contributed by atoms with Crippen LogP contribution < -0.4 is 15.4 Å². The zero-order valence-electron chi connectivity index (χ0n) is 17.3. The lowest BCUT2D eigenvalue weighted by atomic mass is 10.1. The van der Waals surface area contributed by atoms with Crippen LogP contribution in [0.3, 0.4) is 0 Å². The number of ether oxygens (including phenoxy) is 1. The van der Waals surface area contributed by atoms with Crippen molar-refractivity contribution >= 4 is 22.7 Å². The Morgan fingerprint density at radius 1 is 0.867 bits per heavy atom. The molecule has 0 saturated carbocycles. The number of aromatic nitrogens is 2. The van der Waals surface area contributed by atoms with Crippen LogP contribution in [0, 0.1) is 0 Å². The number of nitrogens with one attached hydrogen (secondary N) is 2. The summed E-state index contributed by atoms with van der Waals surface area (Å²) in [5, 5.41) is 7.94. The molecule has 2 N–H and O–H groups in total. The van der Waals surface area contributed by atoms with Crippen molar-refractivity contribution in [3.63, 3.8) is 0 Å². The summed E-state index contributed by atoms with van der Waals surface area (Å²) in [4.78, 5) is 9.47. The third-order valence-corrected chi connectivity index (χ3v) is 5.13. The molecule has 0 aliphatic heterocycles. The number of fused-ring (bicyclic) bond motifs is 1. The lowest BCUT2D eigenvalue weighted by molar-refractivity contribution is 0.410. The molecule has 4 aromatic rings. The van der Waals surface area contributed by atoms with Crippen LogP contribution >= 0.6 is 0 Å². The third kappa shape index (κ3) is 4.51. The molecule has 0 fully saturated rings. The molecule has 1 aromatic heterocycles. The van der Waals surface area contributed by atoms with Gasteiger partial charge in [-0.1, -0.05) is 60.7 Å². The van der Waals surface area contributed by atoms with Crippen LogP contribution in [0.1, 0.15) is 24.1 Å². The average Bonchev–Trinajstić information content (AvgIpc) is 2.80. The van der Waals surface area contributed by atoms with Crippen molar-refractivity contribution in [1.29, 1.82) is 0 Å². The number of hydrogen-bond donors (Lipinski definition) is 2. The Kier molecular flexibility index (Phi) is 6.09. The molecule has 1 atom stereocenters. The minimum absolute atomic E-state index is 0.130. The monoisotopic (exact) mass is 398 g/mol. The zero-order valence-corrected chi connectivity index (χ0v) is 17.3. The van der Waals surface area contributed by atoms with Crippen molar-refractivity contribution in [1.82, 2.24) is 9.97 Å². The lowest BCUT2D eigenvalue weighted by Crippen LogP contribution is -2.12. The van der Waals surface area contributed by atoms with Crippen LogP contribution in [0.25, 0.3) is 10.9 Å². The zero-order chi connectivity index (χ0) is 20.8. The van der Waals surface area contributed by atoms with Gasteiger partial charge in [0.25, 0.3) is 0 Å². The van der Waals surface area contributed by atoms with E-state index in [9.17, 15) is 0 Å². The molecule has 0 saturated heterocycles. The minimum Gasteiger partial charge on any atom is -0.496 e. The van der Waals surface area contributed by atoms with Crippen LogP contribution in [0.15, 0.2) is 78.9 Å². The quantitative estimate of drug-likeness (QED) is 0.412. The lowest BCUT2D eigenvalue weighted by Gasteiger charge is -2.17. The SMILES string of the molecule is COc1ccccc1CCNc1nc(NC(C)c2ccccc2)c2ccccc2n1. The summed E-state index contributed by atoms with van der Waals surface area (Å²) < 4.78 is 5.44. The fraction of sp³-hybridized carbons (Fsp3) is 0.200. The maximum atomic E-state index is 5.44. The van der Waals surface area contributed by atoms with Gasteiger partial charge in [0.1, 0.15) is 11.6 Å². The van der Waals surface area contributed by atoms with Crippen LogP contribution in [0.4, 0.5) is 11.8 Å². The van der Waals surface area contributed by atoms with E-state index in [1.807, 2.05) is 48.5 Å². The fourth-order valence-electron chi connectivity index (χ4n) is 3.51. The second-order valence-corrected chi connectivity index (χ2v) is 7.18. The van der Waals surface area contributed by atoms with E-state index < -0.39 is 0 Å². The second-order valence-electron chi connectivity index (χ2n) is 7.18.